The van der Waals surface area contributed by atoms with E-state index in [4.69, 9.17) is 14.7 Å². The van der Waals surface area contributed by atoms with E-state index in [1.54, 1.807) is 0 Å². The maximum absolute atomic E-state index is 5.97. The number of hydrogen-bond acceptors (Lipinski definition) is 5. The fraction of sp³-hybridized carbons (Fsp3) is 0.286. The van der Waals surface area contributed by atoms with Crippen LogP contribution in [0.3, 0.4) is 0 Å². The molecule has 2 aliphatic rings. The van der Waals surface area contributed by atoms with Gasteiger partial charge in [0.05, 0.1) is 23.3 Å². The molecule has 0 saturated heterocycles. The van der Waals surface area contributed by atoms with Crippen LogP contribution >= 0.6 is 11.8 Å². The number of aliphatic imine (C=N–C) groups is 2. The van der Waals surface area contributed by atoms with Crippen molar-refractivity contribution in [2.75, 3.05) is 17.7 Å². The van der Waals surface area contributed by atoms with Crippen LogP contribution in [-0.2, 0) is 11.2 Å². The number of para-hydroxylation sites is 2. The van der Waals surface area contributed by atoms with Crippen LogP contribution in [0.5, 0.6) is 0 Å². The maximum Gasteiger partial charge on any atom is 0.218 e. The molecule has 0 aliphatic carbocycles. The average molecular weight is 456 g/mol. The minimum absolute atomic E-state index is 0.214. The van der Waals surface area contributed by atoms with E-state index in [1.807, 2.05) is 23.9 Å². The second kappa shape index (κ2) is 9.84. The fourth-order valence-electron chi connectivity index (χ4n) is 4.13. The van der Waals surface area contributed by atoms with Gasteiger partial charge in [0.1, 0.15) is 11.7 Å². The summed E-state index contributed by atoms with van der Waals surface area (Å²) in [5, 5.41) is 4.75. The SMILES string of the molecule is CC(C)[C@H]1COC(c2ccccc2Nc2ccccc2C2=N[C@@H](Cc3ccccc3)CS2)=N1. The Balaban J connectivity index is 1.39. The Morgan fingerprint density at radius 1 is 0.879 bits per heavy atom. The molecule has 2 atom stereocenters. The smallest absolute Gasteiger partial charge is 0.218 e. The monoisotopic (exact) mass is 455 g/mol. The highest BCUT2D eigenvalue weighted by molar-refractivity contribution is 8.14. The Morgan fingerprint density at radius 3 is 2.27 bits per heavy atom. The summed E-state index contributed by atoms with van der Waals surface area (Å²) in [5.41, 5.74) is 5.53. The van der Waals surface area contributed by atoms with Crippen LogP contribution in [0.4, 0.5) is 11.4 Å². The number of ether oxygens (including phenoxy) is 1. The molecule has 0 saturated carbocycles. The van der Waals surface area contributed by atoms with Crippen LogP contribution in [-0.4, -0.2) is 35.4 Å². The van der Waals surface area contributed by atoms with Gasteiger partial charge in [-0.3, -0.25) is 4.99 Å². The van der Waals surface area contributed by atoms with Crippen LogP contribution in [0.1, 0.15) is 30.5 Å². The van der Waals surface area contributed by atoms with E-state index in [0.29, 0.717) is 18.6 Å². The van der Waals surface area contributed by atoms with Gasteiger partial charge < -0.3 is 10.1 Å². The predicted molar refractivity (Wildman–Crippen MR) is 140 cm³/mol. The first-order chi connectivity index (χ1) is 16.2. The Kier molecular flexibility index (Phi) is 6.49. The average Bonchev–Trinajstić information content (AvgIpc) is 3.51. The molecule has 3 aromatic carbocycles. The third-order valence-electron chi connectivity index (χ3n) is 6.05. The molecule has 0 fully saturated rings. The highest BCUT2D eigenvalue weighted by Crippen LogP contribution is 2.32. The summed E-state index contributed by atoms with van der Waals surface area (Å²) in [6.45, 7) is 5.02. The number of hydrogen-bond donors (Lipinski definition) is 1. The van der Waals surface area contributed by atoms with Crippen LogP contribution in [0.25, 0.3) is 0 Å². The molecule has 33 heavy (non-hydrogen) atoms. The topological polar surface area (TPSA) is 46.0 Å². The summed E-state index contributed by atoms with van der Waals surface area (Å²) >= 11 is 1.84. The zero-order valence-electron chi connectivity index (χ0n) is 19.1. The zero-order chi connectivity index (χ0) is 22.6. The van der Waals surface area contributed by atoms with Gasteiger partial charge in [0.25, 0.3) is 0 Å². The van der Waals surface area contributed by atoms with E-state index in [9.17, 15) is 0 Å². The third-order valence-corrected chi connectivity index (χ3v) is 7.20. The molecule has 5 rings (SSSR count). The van der Waals surface area contributed by atoms with Crippen molar-refractivity contribution in [3.05, 3.63) is 95.6 Å². The molecule has 4 nitrogen and oxygen atoms in total. The molecule has 2 aliphatic heterocycles. The van der Waals surface area contributed by atoms with E-state index in [-0.39, 0.29) is 6.04 Å². The molecule has 168 valence electrons. The summed E-state index contributed by atoms with van der Waals surface area (Å²) in [7, 11) is 0. The first-order valence-corrected chi connectivity index (χ1v) is 12.6. The van der Waals surface area contributed by atoms with Gasteiger partial charge >= 0.3 is 0 Å². The van der Waals surface area contributed by atoms with Gasteiger partial charge in [-0.05, 0) is 36.1 Å². The van der Waals surface area contributed by atoms with Crippen molar-refractivity contribution in [2.24, 2.45) is 15.9 Å². The molecule has 0 bridgehead atoms. The molecule has 0 radical (unpaired) electrons. The molecule has 0 aromatic heterocycles. The number of anilines is 2. The third kappa shape index (κ3) is 4.98. The quantitative estimate of drug-likeness (QED) is 0.452. The predicted octanol–water partition coefficient (Wildman–Crippen LogP) is 6.34. The number of thioether (sulfide) groups is 1. The second-order valence-electron chi connectivity index (χ2n) is 8.86. The molecule has 3 aromatic rings. The number of nitrogens with one attached hydrogen (secondary N) is 1. The molecule has 2 heterocycles. The standard InChI is InChI=1S/C28H29N3OS/c1-19(2)26-17-32-27(31-26)22-12-6-8-14-24(22)30-25-15-9-7-13-23(25)28-29-21(18-33-28)16-20-10-4-3-5-11-20/h3-15,19,21,26,30H,16-18H2,1-2H3/t21-,26+/m0/s1. The van der Waals surface area contributed by atoms with Gasteiger partial charge in [-0.25, -0.2) is 4.99 Å². The van der Waals surface area contributed by atoms with Crippen LogP contribution in [0, 0.1) is 5.92 Å². The molecule has 5 heteroatoms. The largest absolute Gasteiger partial charge is 0.475 e. The van der Waals surface area contributed by atoms with Crippen molar-refractivity contribution in [2.45, 2.75) is 32.4 Å². The Labute approximate surface area is 200 Å². The summed E-state index contributed by atoms with van der Waals surface area (Å²) in [6.07, 6.45) is 0.976. The Morgan fingerprint density at radius 2 is 1.55 bits per heavy atom. The molecule has 0 unspecified atom stereocenters. The van der Waals surface area contributed by atoms with Crippen molar-refractivity contribution < 1.29 is 4.74 Å². The normalized spacial score (nSPS) is 19.8. The van der Waals surface area contributed by atoms with E-state index < -0.39 is 0 Å². The van der Waals surface area contributed by atoms with Gasteiger partial charge in [-0.15, -0.1) is 11.8 Å². The number of nitrogens with zero attached hydrogens (tertiary/aromatic N) is 2. The van der Waals surface area contributed by atoms with Gasteiger partial charge in [0.2, 0.25) is 5.90 Å². The lowest BCUT2D eigenvalue weighted by molar-refractivity contribution is 0.292. The lowest BCUT2D eigenvalue weighted by Crippen LogP contribution is -2.13. The number of rotatable bonds is 7. The lowest BCUT2D eigenvalue weighted by atomic mass is 10.1. The van der Waals surface area contributed by atoms with Crippen molar-refractivity contribution >= 4 is 34.1 Å². The van der Waals surface area contributed by atoms with Gasteiger partial charge in [0.15, 0.2) is 0 Å². The number of benzene rings is 3. The maximum atomic E-state index is 5.97. The first-order valence-electron chi connectivity index (χ1n) is 11.6. The molecular formula is C28H29N3OS. The summed E-state index contributed by atoms with van der Waals surface area (Å²) < 4.78 is 5.97. The molecule has 1 N–H and O–H groups in total. The minimum atomic E-state index is 0.214. The minimum Gasteiger partial charge on any atom is -0.475 e. The second-order valence-corrected chi connectivity index (χ2v) is 9.87. The van der Waals surface area contributed by atoms with Crippen LogP contribution in [0.15, 0.2) is 88.8 Å². The Bertz CT molecular complexity index is 1170. The van der Waals surface area contributed by atoms with E-state index >= 15 is 0 Å². The molecule has 0 amide bonds. The first kappa shape index (κ1) is 21.8. The summed E-state index contributed by atoms with van der Waals surface area (Å²) in [6, 6.07) is 27.8. The van der Waals surface area contributed by atoms with Crippen LogP contribution in [0.2, 0.25) is 0 Å². The van der Waals surface area contributed by atoms with Gasteiger partial charge in [-0.1, -0.05) is 74.5 Å². The van der Waals surface area contributed by atoms with E-state index in [0.717, 1.165) is 45.6 Å². The zero-order valence-corrected chi connectivity index (χ0v) is 19.9. The van der Waals surface area contributed by atoms with E-state index in [2.05, 4.69) is 85.9 Å². The van der Waals surface area contributed by atoms with Crippen molar-refractivity contribution in [3.8, 4) is 0 Å². The lowest BCUT2D eigenvalue weighted by Gasteiger charge is -2.15. The summed E-state index contributed by atoms with van der Waals surface area (Å²) in [5.74, 6) is 2.20. The molecule has 0 spiro atoms. The highest BCUT2D eigenvalue weighted by Gasteiger charge is 2.25. The van der Waals surface area contributed by atoms with Gasteiger partial charge in [-0.2, -0.15) is 0 Å². The Hall–Kier alpha value is -3.05. The van der Waals surface area contributed by atoms with E-state index in [1.165, 1.54) is 5.56 Å². The fourth-order valence-corrected chi connectivity index (χ4v) is 5.23. The highest BCUT2D eigenvalue weighted by atomic mass is 32.2. The van der Waals surface area contributed by atoms with Crippen molar-refractivity contribution in [3.63, 3.8) is 0 Å². The summed E-state index contributed by atoms with van der Waals surface area (Å²) in [4.78, 5) is 9.91. The van der Waals surface area contributed by atoms with Crippen molar-refractivity contribution in [1.29, 1.82) is 0 Å². The van der Waals surface area contributed by atoms with Crippen LogP contribution < -0.4 is 5.32 Å². The molecular weight excluding hydrogens is 426 g/mol. The van der Waals surface area contributed by atoms with Gasteiger partial charge in [0, 0.05) is 17.0 Å². The van der Waals surface area contributed by atoms with Crippen molar-refractivity contribution in [1.82, 2.24) is 0 Å².